The Morgan fingerprint density at radius 2 is 1.85 bits per heavy atom. The van der Waals surface area contributed by atoms with Crippen LogP contribution in [0.4, 0.5) is 0 Å². The zero-order valence-corrected chi connectivity index (χ0v) is 11.3. The van der Waals surface area contributed by atoms with Gasteiger partial charge in [0.2, 0.25) is 0 Å². The van der Waals surface area contributed by atoms with Crippen LogP contribution in [0.1, 0.15) is 40.0 Å². The Morgan fingerprint density at radius 3 is 2.00 bits per heavy atom. The molecule has 2 fully saturated rings. The van der Waals surface area contributed by atoms with Crippen LogP contribution in [0, 0.1) is 16.7 Å². The van der Waals surface area contributed by atoms with E-state index in [4.69, 9.17) is 0 Å². The predicted octanol–water partition coefficient (Wildman–Crippen LogP) is 1.48. The van der Waals surface area contributed by atoms with Crippen molar-refractivity contribution in [3.8, 4) is 0 Å². The number of Topliss-reactive ketones (excluding diaryl/α,β-unsaturated/α-hetero) is 1. The minimum atomic E-state index is 0. The average Bonchev–Trinajstić information content (AvgIpc) is 2.20. The first-order chi connectivity index (χ1) is 4.98. The number of hydrogen-bond acceptors (Lipinski definition) is 1. The molecular formula is C10H18MgOZn. The van der Waals surface area contributed by atoms with E-state index in [9.17, 15) is 4.79 Å². The summed E-state index contributed by atoms with van der Waals surface area (Å²) in [5, 5.41) is 0. The van der Waals surface area contributed by atoms with Gasteiger partial charge in [0, 0.05) is 31.3 Å². The van der Waals surface area contributed by atoms with Crippen molar-refractivity contribution < 1.29 is 24.3 Å². The first-order valence-electron chi connectivity index (χ1n) is 4.52. The van der Waals surface area contributed by atoms with E-state index in [2.05, 4.69) is 20.8 Å². The molecule has 13 heavy (non-hydrogen) atoms. The molecule has 2 aliphatic carbocycles. The topological polar surface area (TPSA) is 17.1 Å². The third kappa shape index (κ3) is 1.55. The maximum atomic E-state index is 11.6. The largest absolute Gasteiger partial charge is 0.316 e. The van der Waals surface area contributed by atoms with E-state index in [1.807, 2.05) is 0 Å². The molecule has 0 amide bonds. The second kappa shape index (κ2) is 3.90. The van der Waals surface area contributed by atoms with Crippen molar-refractivity contribution in [2.75, 3.05) is 0 Å². The average molecular weight is 244 g/mol. The van der Waals surface area contributed by atoms with E-state index >= 15 is 0 Å². The fraction of sp³-hybridized carbons (Fsp3) is 0.900. The van der Waals surface area contributed by atoms with Gasteiger partial charge in [-0.3, -0.25) is 4.79 Å². The Bertz CT molecular complexity index is 227. The minimum Gasteiger partial charge on any atom is -0.299 e. The van der Waals surface area contributed by atoms with Gasteiger partial charge in [-0.25, -0.2) is 0 Å². The molecule has 1 nitrogen and oxygen atoms in total. The summed E-state index contributed by atoms with van der Waals surface area (Å²) in [7, 11) is 0. The Kier molecular flexibility index (Phi) is 4.22. The Hall–Kier alpha value is 1.06. The monoisotopic (exact) mass is 242 g/mol. The smallest absolute Gasteiger partial charge is 0.299 e. The van der Waals surface area contributed by atoms with Gasteiger partial charge in [0.25, 0.3) is 0 Å². The van der Waals surface area contributed by atoms with Gasteiger partial charge < -0.3 is 0 Å². The van der Waals surface area contributed by atoms with E-state index < -0.39 is 0 Å². The van der Waals surface area contributed by atoms with Crippen molar-refractivity contribution >= 4 is 28.8 Å². The van der Waals surface area contributed by atoms with Crippen LogP contribution >= 0.6 is 0 Å². The van der Waals surface area contributed by atoms with Crippen molar-refractivity contribution in [3.05, 3.63) is 0 Å². The number of carbonyl (C=O) groups excluding carboxylic acids is 1. The van der Waals surface area contributed by atoms with Crippen LogP contribution in [0.3, 0.4) is 0 Å². The summed E-state index contributed by atoms with van der Waals surface area (Å²) in [6.07, 6.45) is 3.25. The molecule has 0 radical (unpaired) electrons. The Labute approximate surface area is 109 Å². The molecule has 0 heterocycles. The SMILES string of the molecule is CC12CCC(CC1=O)C2(C)C.[MgH2].[Zn]. The van der Waals surface area contributed by atoms with Crippen LogP contribution < -0.4 is 0 Å². The normalized spacial score (nSPS) is 39.6. The predicted molar refractivity (Wildman–Crippen MR) is 52.8 cm³/mol. The molecule has 68 valence electrons. The van der Waals surface area contributed by atoms with E-state index in [0.29, 0.717) is 11.7 Å². The second-order valence-electron chi connectivity index (χ2n) is 4.92. The summed E-state index contributed by atoms with van der Waals surface area (Å²) in [4.78, 5) is 11.6. The van der Waals surface area contributed by atoms with Crippen LogP contribution in [0.15, 0.2) is 0 Å². The molecule has 0 spiro atoms. The standard InChI is InChI=1S/C10H16O.Mg.Zn.2H/c1-9(2)7-4-5-10(9,3)8(11)6-7;;;;/h7H,4-6H2,1-3H3;;;;. The molecule has 2 aliphatic rings. The molecule has 0 aliphatic heterocycles. The van der Waals surface area contributed by atoms with E-state index in [0.717, 1.165) is 12.8 Å². The number of hydrogen-bond donors (Lipinski definition) is 0. The maximum absolute atomic E-state index is 11.6. The number of carbonyl (C=O) groups is 1. The molecule has 2 rings (SSSR count). The zero-order chi connectivity index (χ0) is 8.28. The van der Waals surface area contributed by atoms with E-state index in [1.165, 1.54) is 6.42 Å². The quantitative estimate of drug-likeness (QED) is 0.590. The third-order valence-corrected chi connectivity index (χ3v) is 4.48. The summed E-state index contributed by atoms with van der Waals surface area (Å²) >= 11 is 0. The Morgan fingerprint density at radius 1 is 1.31 bits per heavy atom. The van der Waals surface area contributed by atoms with Crippen molar-refractivity contribution in [3.63, 3.8) is 0 Å². The molecule has 2 bridgehead atoms. The van der Waals surface area contributed by atoms with Gasteiger partial charge in [0.05, 0.1) is 0 Å². The summed E-state index contributed by atoms with van der Waals surface area (Å²) in [5.74, 6) is 1.19. The van der Waals surface area contributed by atoms with Gasteiger partial charge >= 0.3 is 23.1 Å². The summed E-state index contributed by atoms with van der Waals surface area (Å²) in [6.45, 7) is 6.67. The molecule has 2 atom stereocenters. The molecule has 2 unspecified atom stereocenters. The number of fused-ring (bicyclic) bond motifs is 2. The summed E-state index contributed by atoms with van der Waals surface area (Å²) in [5.41, 5.74) is 0.307. The molecule has 3 heteroatoms. The molecule has 0 N–H and O–H groups in total. The molecule has 0 saturated heterocycles. The van der Waals surface area contributed by atoms with Crippen LogP contribution in [0.2, 0.25) is 0 Å². The number of ketones is 1. The maximum Gasteiger partial charge on any atom is 0.316 e. The fourth-order valence-corrected chi connectivity index (χ4v) is 2.90. The van der Waals surface area contributed by atoms with Crippen molar-refractivity contribution in [2.45, 2.75) is 40.0 Å². The van der Waals surface area contributed by atoms with Gasteiger partial charge in [-0.1, -0.05) is 20.8 Å². The third-order valence-electron chi connectivity index (χ3n) is 4.48. The van der Waals surface area contributed by atoms with Crippen molar-refractivity contribution in [2.24, 2.45) is 16.7 Å². The minimum absolute atomic E-state index is 0. The van der Waals surface area contributed by atoms with Crippen LogP contribution in [-0.4, -0.2) is 28.8 Å². The Balaban J connectivity index is 0.000000720. The number of rotatable bonds is 0. The second-order valence-corrected chi connectivity index (χ2v) is 4.92. The molecule has 2 saturated carbocycles. The van der Waals surface area contributed by atoms with Gasteiger partial charge in [0.15, 0.2) is 0 Å². The summed E-state index contributed by atoms with van der Waals surface area (Å²) in [6, 6.07) is 0. The van der Waals surface area contributed by atoms with E-state index in [-0.39, 0.29) is 53.4 Å². The first-order valence-corrected chi connectivity index (χ1v) is 4.52. The van der Waals surface area contributed by atoms with Crippen molar-refractivity contribution in [1.82, 2.24) is 0 Å². The van der Waals surface area contributed by atoms with Gasteiger partial charge in [0.1, 0.15) is 5.78 Å². The zero-order valence-electron chi connectivity index (χ0n) is 8.31. The van der Waals surface area contributed by atoms with Crippen LogP contribution in [0.5, 0.6) is 0 Å². The van der Waals surface area contributed by atoms with Gasteiger partial charge in [-0.05, 0) is 24.2 Å². The van der Waals surface area contributed by atoms with Crippen molar-refractivity contribution in [1.29, 1.82) is 0 Å². The molecule has 0 aromatic rings. The van der Waals surface area contributed by atoms with Crippen LogP contribution in [-0.2, 0) is 24.3 Å². The van der Waals surface area contributed by atoms with Gasteiger partial charge in [-0.15, -0.1) is 0 Å². The fourth-order valence-electron chi connectivity index (χ4n) is 2.90. The first kappa shape index (κ1) is 14.1. The molecule has 0 aromatic heterocycles. The van der Waals surface area contributed by atoms with Gasteiger partial charge in [-0.2, -0.15) is 0 Å². The molecular weight excluding hydrogens is 226 g/mol. The molecule has 0 aromatic carbocycles. The van der Waals surface area contributed by atoms with Crippen LogP contribution in [0.25, 0.3) is 0 Å². The van der Waals surface area contributed by atoms with E-state index in [1.54, 1.807) is 0 Å². The summed E-state index contributed by atoms with van der Waals surface area (Å²) < 4.78 is 0.